The molecule has 1 rings (SSSR count). The Morgan fingerprint density at radius 1 is 1.43 bits per heavy atom. The molecule has 0 fully saturated rings. The van der Waals surface area contributed by atoms with Gasteiger partial charge in [-0.2, -0.15) is 0 Å². The number of ketones is 1. The highest BCUT2D eigenvalue weighted by Crippen LogP contribution is 2.24. The Hall–Kier alpha value is -0.0500. The van der Waals surface area contributed by atoms with Gasteiger partial charge in [-0.25, -0.2) is 0 Å². The fraction of sp³-hybridized carbons (Fsp3) is 0.300. The SMILES string of the molecule is CCC(Br)C(=O)c1ccc(Cl)c(Cl)c1. The van der Waals surface area contributed by atoms with Gasteiger partial charge in [-0.15, -0.1) is 0 Å². The number of halogens is 3. The second kappa shape index (κ2) is 5.15. The van der Waals surface area contributed by atoms with Crippen molar-refractivity contribution in [2.75, 3.05) is 0 Å². The molecule has 0 bridgehead atoms. The molecule has 0 aliphatic carbocycles. The highest BCUT2D eigenvalue weighted by Gasteiger charge is 2.15. The molecule has 4 heteroatoms. The second-order valence-electron chi connectivity index (χ2n) is 2.87. The van der Waals surface area contributed by atoms with E-state index >= 15 is 0 Å². The van der Waals surface area contributed by atoms with Crippen molar-refractivity contribution in [3.63, 3.8) is 0 Å². The summed E-state index contributed by atoms with van der Waals surface area (Å²) in [7, 11) is 0. The molecule has 14 heavy (non-hydrogen) atoms. The molecule has 0 saturated carbocycles. The van der Waals surface area contributed by atoms with Crippen molar-refractivity contribution in [2.24, 2.45) is 0 Å². The van der Waals surface area contributed by atoms with Crippen LogP contribution in [0.1, 0.15) is 23.7 Å². The van der Waals surface area contributed by atoms with Crippen molar-refractivity contribution < 1.29 is 4.79 Å². The molecule has 0 N–H and O–H groups in total. The molecular weight excluding hydrogens is 287 g/mol. The minimum Gasteiger partial charge on any atom is -0.293 e. The molecule has 1 aromatic carbocycles. The van der Waals surface area contributed by atoms with Crippen molar-refractivity contribution >= 4 is 44.9 Å². The summed E-state index contributed by atoms with van der Waals surface area (Å²) < 4.78 is 0. The third kappa shape index (κ3) is 2.72. The molecule has 0 aliphatic rings. The Morgan fingerprint density at radius 2 is 2.07 bits per heavy atom. The normalized spacial score (nSPS) is 12.6. The van der Waals surface area contributed by atoms with Crippen LogP contribution in [0.5, 0.6) is 0 Å². The molecule has 0 radical (unpaired) electrons. The summed E-state index contributed by atoms with van der Waals surface area (Å²) in [5.41, 5.74) is 0.586. The van der Waals surface area contributed by atoms with Gasteiger partial charge in [0.25, 0.3) is 0 Å². The highest BCUT2D eigenvalue weighted by molar-refractivity contribution is 9.10. The van der Waals surface area contributed by atoms with Crippen LogP contribution in [0.4, 0.5) is 0 Å². The zero-order chi connectivity index (χ0) is 10.7. The molecule has 0 spiro atoms. The second-order valence-corrected chi connectivity index (χ2v) is 4.79. The number of hydrogen-bond acceptors (Lipinski definition) is 1. The van der Waals surface area contributed by atoms with Crippen LogP contribution in [0, 0.1) is 0 Å². The molecule has 1 nitrogen and oxygen atoms in total. The number of carbonyl (C=O) groups excluding carboxylic acids is 1. The lowest BCUT2D eigenvalue weighted by Crippen LogP contribution is -2.12. The van der Waals surface area contributed by atoms with E-state index in [9.17, 15) is 4.79 Å². The van der Waals surface area contributed by atoms with Crippen molar-refractivity contribution in [1.29, 1.82) is 0 Å². The number of hydrogen-bond donors (Lipinski definition) is 0. The molecule has 1 unspecified atom stereocenters. The number of benzene rings is 1. The van der Waals surface area contributed by atoms with Crippen molar-refractivity contribution in [3.05, 3.63) is 33.8 Å². The molecule has 1 atom stereocenters. The number of carbonyl (C=O) groups is 1. The lowest BCUT2D eigenvalue weighted by molar-refractivity contribution is 0.0990. The predicted octanol–water partition coefficient (Wildman–Crippen LogP) is 4.35. The zero-order valence-electron chi connectivity index (χ0n) is 7.56. The van der Waals surface area contributed by atoms with Crippen molar-refractivity contribution in [2.45, 2.75) is 18.2 Å². The summed E-state index contributed by atoms with van der Waals surface area (Å²) in [5, 5.41) is 0.874. The van der Waals surface area contributed by atoms with E-state index < -0.39 is 0 Å². The summed E-state index contributed by atoms with van der Waals surface area (Å²) in [5.74, 6) is 0.0334. The lowest BCUT2D eigenvalue weighted by atomic mass is 10.1. The van der Waals surface area contributed by atoms with Gasteiger partial charge in [0.1, 0.15) is 0 Å². The van der Waals surface area contributed by atoms with Crippen LogP contribution < -0.4 is 0 Å². The van der Waals surface area contributed by atoms with Gasteiger partial charge in [0, 0.05) is 5.56 Å². The molecule has 0 amide bonds. The maximum atomic E-state index is 11.7. The van der Waals surface area contributed by atoms with Gasteiger partial charge in [-0.3, -0.25) is 4.79 Å². The monoisotopic (exact) mass is 294 g/mol. The molecule has 0 aromatic heterocycles. The Balaban J connectivity index is 2.97. The van der Waals surface area contributed by atoms with Crippen LogP contribution in [-0.2, 0) is 0 Å². The van der Waals surface area contributed by atoms with Crippen LogP contribution in [0.25, 0.3) is 0 Å². The van der Waals surface area contributed by atoms with Crippen LogP contribution in [0.15, 0.2) is 18.2 Å². The van der Waals surface area contributed by atoms with Crippen molar-refractivity contribution in [1.82, 2.24) is 0 Å². The van der Waals surface area contributed by atoms with E-state index in [4.69, 9.17) is 23.2 Å². The van der Waals surface area contributed by atoms with Crippen molar-refractivity contribution in [3.8, 4) is 0 Å². The molecule has 0 saturated heterocycles. The first-order chi connectivity index (χ1) is 6.56. The smallest absolute Gasteiger partial charge is 0.176 e. The van der Waals surface area contributed by atoms with E-state index in [-0.39, 0.29) is 10.6 Å². The summed E-state index contributed by atoms with van der Waals surface area (Å²) >= 11 is 14.8. The minimum atomic E-state index is -0.153. The van der Waals surface area contributed by atoms with Crippen LogP contribution in [-0.4, -0.2) is 10.6 Å². The zero-order valence-corrected chi connectivity index (χ0v) is 10.7. The first-order valence-corrected chi connectivity index (χ1v) is 5.86. The van der Waals surface area contributed by atoms with E-state index in [1.807, 2.05) is 6.92 Å². The van der Waals surface area contributed by atoms with Gasteiger partial charge < -0.3 is 0 Å². The Kier molecular flexibility index (Phi) is 4.42. The van der Waals surface area contributed by atoms with E-state index in [0.717, 1.165) is 6.42 Å². The fourth-order valence-electron chi connectivity index (χ4n) is 1.02. The van der Waals surface area contributed by atoms with Gasteiger partial charge in [0.15, 0.2) is 5.78 Å². The number of Topliss-reactive ketones (excluding diaryl/α,β-unsaturated/α-hetero) is 1. The van der Waals surface area contributed by atoms with E-state index in [1.54, 1.807) is 18.2 Å². The number of alkyl halides is 1. The Bertz CT molecular complexity index is 352. The third-order valence-electron chi connectivity index (χ3n) is 1.85. The molecule has 0 aliphatic heterocycles. The van der Waals surface area contributed by atoms with Gasteiger partial charge in [0.2, 0.25) is 0 Å². The lowest BCUT2D eigenvalue weighted by Gasteiger charge is -2.06. The van der Waals surface area contributed by atoms with Crippen LogP contribution in [0.3, 0.4) is 0 Å². The van der Waals surface area contributed by atoms with Gasteiger partial charge in [-0.1, -0.05) is 46.1 Å². The summed E-state index contributed by atoms with van der Waals surface area (Å²) in [4.78, 5) is 11.5. The summed E-state index contributed by atoms with van der Waals surface area (Å²) in [6.07, 6.45) is 0.749. The van der Waals surface area contributed by atoms with E-state index in [1.165, 1.54) is 0 Å². The fourth-order valence-corrected chi connectivity index (χ4v) is 1.58. The topological polar surface area (TPSA) is 17.1 Å². The Morgan fingerprint density at radius 3 is 2.57 bits per heavy atom. The Labute approximate surface area is 102 Å². The van der Waals surface area contributed by atoms with Gasteiger partial charge in [0.05, 0.1) is 14.9 Å². The maximum absolute atomic E-state index is 11.7. The molecule has 0 heterocycles. The van der Waals surface area contributed by atoms with Gasteiger partial charge >= 0.3 is 0 Å². The summed E-state index contributed by atoms with van der Waals surface area (Å²) in [6.45, 7) is 1.94. The van der Waals surface area contributed by atoms with Crippen LogP contribution in [0.2, 0.25) is 10.0 Å². The molecule has 1 aromatic rings. The average molecular weight is 296 g/mol. The summed E-state index contributed by atoms with van der Waals surface area (Å²) in [6, 6.07) is 4.91. The quantitative estimate of drug-likeness (QED) is 0.598. The molecular formula is C10H9BrCl2O. The first-order valence-electron chi connectivity index (χ1n) is 4.19. The maximum Gasteiger partial charge on any atom is 0.176 e. The standard InChI is InChI=1S/C10H9BrCl2O/c1-2-7(11)10(14)6-3-4-8(12)9(13)5-6/h3-5,7H,2H2,1H3. The van der Waals surface area contributed by atoms with Gasteiger partial charge in [-0.05, 0) is 24.6 Å². The third-order valence-corrected chi connectivity index (χ3v) is 3.65. The predicted molar refractivity (Wildman–Crippen MR) is 63.8 cm³/mol. The van der Waals surface area contributed by atoms with Crippen LogP contribution >= 0.6 is 39.1 Å². The first kappa shape index (κ1) is 12.0. The number of rotatable bonds is 3. The van der Waals surface area contributed by atoms with E-state index in [0.29, 0.717) is 15.6 Å². The highest BCUT2D eigenvalue weighted by atomic mass is 79.9. The largest absolute Gasteiger partial charge is 0.293 e. The minimum absolute atomic E-state index is 0.0334. The molecule has 76 valence electrons. The average Bonchev–Trinajstić information content (AvgIpc) is 2.20. The van der Waals surface area contributed by atoms with E-state index in [2.05, 4.69) is 15.9 Å².